The van der Waals surface area contributed by atoms with Gasteiger partial charge >= 0.3 is 0 Å². The van der Waals surface area contributed by atoms with E-state index in [9.17, 15) is 0 Å². The first-order chi connectivity index (χ1) is 6.81. The molecule has 1 aromatic heterocycles. The van der Waals surface area contributed by atoms with Crippen LogP contribution in [0.5, 0.6) is 0 Å². The third-order valence-electron chi connectivity index (χ3n) is 3.10. The summed E-state index contributed by atoms with van der Waals surface area (Å²) in [6.07, 6.45) is 2.58. The van der Waals surface area contributed by atoms with Gasteiger partial charge in [0.15, 0.2) is 0 Å². The summed E-state index contributed by atoms with van der Waals surface area (Å²) in [5.74, 6) is 1.41. The maximum absolute atomic E-state index is 4.37. The minimum Gasteiger partial charge on any atom is -0.316 e. The Morgan fingerprint density at radius 1 is 1.50 bits per heavy atom. The van der Waals surface area contributed by atoms with Crippen LogP contribution >= 0.6 is 0 Å². The number of aryl methyl sites for hydroxylation is 1. The monoisotopic (exact) mass is 193 g/mol. The molecule has 0 bridgehead atoms. The molecule has 1 fully saturated rings. The molecule has 0 radical (unpaired) electrons. The van der Waals surface area contributed by atoms with Crippen molar-refractivity contribution in [1.82, 2.24) is 15.5 Å². The van der Waals surface area contributed by atoms with Crippen molar-refractivity contribution in [3.05, 3.63) is 17.5 Å². The van der Waals surface area contributed by atoms with Crippen LogP contribution in [0.15, 0.2) is 6.07 Å². The lowest BCUT2D eigenvalue weighted by Crippen LogP contribution is -2.10. The average molecular weight is 193 g/mol. The van der Waals surface area contributed by atoms with Gasteiger partial charge in [-0.3, -0.25) is 5.10 Å². The van der Waals surface area contributed by atoms with Crippen molar-refractivity contribution < 1.29 is 0 Å². The third-order valence-corrected chi connectivity index (χ3v) is 3.10. The SMILES string of the molecule is CCC[C@@H]1CNC[C@H]1c1cc(C)[nH]n1. The fourth-order valence-corrected chi connectivity index (χ4v) is 2.38. The molecule has 1 aromatic rings. The third kappa shape index (κ3) is 1.82. The van der Waals surface area contributed by atoms with Gasteiger partial charge in [-0.2, -0.15) is 5.10 Å². The highest BCUT2D eigenvalue weighted by Crippen LogP contribution is 2.30. The van der Waals surface area contributed by atoms with Crippen LogP contribution in [0.1, 0.15) is 37.1 Å². The number of aromatic amines is 1. The summed E-state index contributed by atoms with van der Waals surface area (Å²) in [4.78, 5) is 0. The van der Waals surface area contributed by atoms with Gasteiger partial charge in [-0.1, -0.05) is 13.3 Å². The van der Waals surface area contributed by atoms with Crippen molar-refractivity contribution in [3.63, 3.8) is 0 Å². The van der Waals surface area contributed by atoms with Crippen LogP contribution in [0, 0.1) is 12.8 Å². The van der Waals surface area contributed by atoms with Gasteiger partial charge in [0, 0.05) is 18.2 Å². The van der Waals surface area contributed by atoms with Gasteiger partial charge < -0.3 is 5.32 Å². The molecule has 1 saturated heterocycles. The fraction of sp³-hybridized carbons (Fsp3) is 0.727. The first-order valence-electron chi connectivity index (χ1n) is 5.54. The van der Waals surface area contributed by atoms with Crippen molar-refractivity contribution >= 4 is 0 Å². The molecule has 2 atom stereocenters. The summed E-state index contributed by atoms with van der Waals surface area (Å²) in [5, 5.41) is 10.9. The summed E-state index contributed by atoms with van der Waals surface area (Å²) in [6.45, 7) is 6.57. The van der Waals surface area contributed by atoms with Crippen molar-refractivity contribution in [2.45, 2.75) is 32.6 Å². The molecular weight excluding hydrogens is 174 g/mol. The fourth-order valence-electron chi connectivity index (χ4n) is 2.38. The molecule has 0 unspecified atom stereocenters. The van der Waals surface area contributed by atoms with Crippen molar-refractivity contribution in [1.29, 1.82) is 0 Å². The predicted octanol–water partition coefficient (Wildman–Crippen LogP) is 1.82. The zero-order valence-corrected chi connectivity index (χ0v) is 9.01. The number of H-pyrrole nitrogens is 1. The second kappa shape index (κ2) is 4.13. The minimum atomic E-state index is 0.625. The van der Waals surface area contributed by atoms with E-state index < -0.39 is 0 Å². The Labute approximate surface area is 85.3 Å². The molecule has 14 heavy (non-hydrogen) atoms. The van der Waals surface area contributed by atoms with E-state index in [0.29, 0.717) is 5.92 Å². The van der Waals surface area contributed by atoms with Gasteiger partial charge in [-0.15, -0.1) is 0 Å². The van der Waals surface area contributed by atoms with Crippen LogP contribution in [-0.2, 0) is 0 Å². The highest BCUT2D eigenvalue weighted by atomic mass is 15.1. The van der Waals surface area contributed by atoms with Crippen LogP contribution in [-0.4, -0.2) is 23.3 Å². The maximum atomic E-state index is 4.37. The van der Waals surface area contributed by atoms with Gasteiger partial charge in [0.2, 0.25) is 0 Å². The molecule has 3 nitrogen and oxygen atoms in total. The number of hydrogen-bond donors (Lipinski definition) is 2. The average Bonchev–Trinajstić information content (AvgIpc) is 2.74. The van der Waals surface area contributed by atoms with Crippen LogP contribution in [0.2, 0.25) is 0 Å². The standard InChI is InChI=1S/C11H19N3/c1-3-4-9-6-12-7-10(9)11-5-8(2)13-14-11/h5,9-10,12H,3-4,6-7H2,1-2H3,(H,13,14)/t9-,10-/m1/s1. The summed E-state index contributed by atoms with van der Waals surface area (Å²) in [5.41, 5.74) is 2.41. The normalized spacial score (nSPS) is 27.0. The van der Waals surface area contributed by atoms with Gasteiger partial charge in [0.05, 0.1) is 5.69 Å². The highest BCUT2D eigenvalue weighted by Gasteiger charge is 2.29. The van der Waals surface area contributed by atoms with Crippen molar-refractivity contribution in [2.75, 3.05) is 13.1 Å². The number of nitrogens with one attached hydrogen (secondary N) is 2. The molecule has 2 heterocycles. The van der Waals surface area contributed by atoms with E-state index in [1.807, 2.05) is 0 Å². The van der Waals surface area contributed by atoms with Gasteiger partial charge in [0.25, 0.3) is 0 Å². The molecule has 0 aromatic carbocycles. The summed E-state index contributed by atoms with van der Waals surface area (Å²) in [7, 11) is 0. The van der Waals surface area contributed by atoms with Gasteiger partial charge in [-0.05, 0) is 31.9 Å². The molecule has 2 N–H and O–H groups in total. The second-order valence-corrected chi connectivity index (χ2v) is 4.29. The maximum Gasteiger partial charge on any atom is 0.0671 e. The van der Waals surface area contributed by atoms with E-state index in [4.69, 9.17) is 0 Å². The Morgan fingerprint density at radius 3 is 3.00 bits per heavy atom. The zero-order valence-electron chi connectivity index (χ0n) is 9.01. The first-order valence-corrected chi connectivity index (χ1v) is 5.54. The summed E-state index contributed by atoms with van der Waals surface area (Å²) < 4.78 is 0. The molecule has 1 aliphatic rings. The molecule has 1 aliphatic heterocycles. The van der Waals surface area contributed by atoms with E-state index in [-0.39, 0.29) is 0 Å². The zero-order chi connectivity index (χ0) is 9.97. The quantitative estimate of drug-likeness (QED) is 0.768. The molecule has 0 aliphatic carbocycles. The van der Waals surface area contributed by atoms with Crippen LogP contribution < -0.4 is 5.32 Å². The number of hydrogen-bond acceptors (Lipinski definition) is 2. The number of aromatic nitrogens is 2. The summed E-state index contributed by atoms with van der Waals surface area (Å²) >= 11 is 0. The largest absolute Gasteiger partial charge is 0.316 e. The Balaban J connectivity index is 2.09. The molecular formula is C11H19N3. The van der Waals surface area contributed by atoms with E-state index in [1.54, 1.807) is 0 Å². The van der Waals surface area contributed by atoms with Crippen molar-refractivity contribution in [3.8, 4) is 0 Å². The molecule has 2 rings (SSSR count). The first kappa shape index (κ1) is 9.71. The van der Waals surface area contributed by atoms with Gasteiger partial charge in [0.1, 0.15) is 0 Å². The molecule has 0 spiro atoms. The number of nitrogens with zero attached hydrogens (tertiary/aromatic N) is 1. The molecule has 0 amide bonds. The Bertz CT molecular complexity index is 292. The Kier molecular flexibility index (Phi) is 2.87. The lowest BCUT2D eigenvalue weighted by molar-refractivity contribution is 0.466. The van der Waals surface area contributed by atoms with Crippen molar-refractivity contribution in [2.24, 2.45) is 5.92 Å². The molecule has 78 valence electrons. The van der Waals surface area contributed by atoms with Gasteiger partial charge in [-0.25, -0.2) is 0 Å². The Morgan fingerprint density at radius 2 is 2.36 bits per heavy atom. The van der Waals surface area contributed by atoms with E-state index in [1.165, 1.54) is 24.2 Å². The topological polar surface area (TPSA) is 40.7 Å². The lowest BCUT2D eigenvalue weighted by atomic mass is 9.89. The van der Waals surface area contributed by atoms with E-state index in [0.717, 1.165) is 19.0 Å². The van der Waals surface area contributed by atoms with Crippen LogP contribution in [0.4, 0.5) is 0 Å². The number of rotatable bonds is 3. The van der Waals surface area contributed by atoms with E-state index >= 15 is 0 Å². The van der Waals surface area contributed by atoms with Crippen LogP contribution in [0.25, 0.3) is 0 Å². The molecule has 3 heteroatoms. The minimum absolute atomic E-state index is 0.625. The lowest BCUT2D eigenvalue weighted by Gasteiger charge is -2.14. The highest BCUT2D eigenvalue weighted by molar-refractivity contribution is 5.15. The predicted molar refractivity (Wildman–Crippen MR) is 57.3 cm³/mol. The second-order valence-electron chi connectivity index (χ2n) is 4.29. The van der Waals surface area contributed by atoms with Crippen LogP contribution in [0.3, 0.4) is 0 Å². The van der Waals surface area contributed by atoms with E-state index in [2.05, 4.69) is 35.4 Å². The Hall–Kier alpha value is -0.830. The smallest absolute Gasteiger partial charge is 0.0671 e. The molecule has 0 saturated carbocycles. The summed E-state index contributed by atoms with van der Waals surface area (Å²) in [6, 6.07) is 2.18.